The fraction of sp³-hybridized carbons (Fsp3) is 0.500. The highest BCUT2D eigenvalue weighted by atomic mass is 16.5. The summed E-state index contributed by atoms with van der Waals surface area (Å²) in [6, 6.07) is 6.08. The first-order valence-electron chi connectivity index (χ1n) is 9.78. The smallest absolute Gasteiger partial charge is 0.233 e. The molecule has 7 nitrogen and oxygen atoms in total. The molecular formula is C20H24N6O. The minimum absolute atomic E-state index is 0.536. The Hall–Kier alpha value is -2.70. The van der Waals surface area contributed by atoms with E-state index >= 15 is 0 Å². The van der Waals surface area contributed by atoms with Crippen LogP contribution in [-0.2, 0) is 0 Å². The minimum Gasteiger partial charge on any atom is -0.476 e. The zero-order chi connectivity index (χ0) is 18.2. The Bertz CT molecular complexity index is 925. The summed E-state index contributed by atoms with van der Waals surface area (Å²) < 4.78 is 5.89. The predicted molar refractivity (Wildman–Crippen MR) is 103 cm³/mol. The van der Waals surface area contributed by atoms with Crippen LogP contribution in [0.3, 0.4) is 0 Å². The molecular weight excluding hydrogens is 340 g/mol. The Morgan fingerprint density at radius 1 is 1.11 bits per heavy atom. The van der Waals surface area contributed by atoms with Crippen molar-refractivity contribution in [2.24, 2.45) is 5.92 Å². The van der Waals surface area contributed by atoms with Gasteiger partial charge in [0.25, 0.3) is 0 Å². The third kappa shape index (κ3) is 3.46. The number of nitrogens with one attached hydrogen (secondary N) is 1. The molecule has 0 bridgehead atoms. The van der Waals surface area contributed by atoms with E-state index in [1.807, 2.05) is 6.07 Å². The van der Waals surface area contributed by atoms with Crippen LogP contribution in [0.2, 0.25) is 0 Å². The van der Waals surface area contributed by atoms with Gasteiger partial charge < -0.3 is 14.6 Å². The monoisotopic (exact) mass is 364 g/mol. The van der Waals surface area contributed by atoms with Crippen LogP contribution in [0.4, 0.5) is 5.82 Å². The minimum atomic E-state index is 0.536. The summed E-state index contributed by atoms with van der Waals surface area (Å²) in [4.78, 5) is 14.6. The van der Waals surface area contributed by atoms with Crippen LogP contribution in [0.25, 0.3) is 11.0 Å². The molecule has 0 atom stereocenters. The van der Waals surface area contributed by atoms with Crippen LogP contribution < -0.4 is 9.64 Å². The maximum atomic E-state index is 5.89. The summed E-state index contributed by atoms with van der Waals surface area (Å²) >= 11 is 0. The number of piperidine rings is 1. The van der Waals surface area contributed by atoms with Gasteiger partial charge in [-0.15, -0.1) is 5.10 Å². The van der Waals surface area contributed by atoms with Crippen molar-refractivity contribution in [3.63, 3.8) is 0 Å². The normalized spacial score (nSPS) is 18.2. The summed E-state index contributed by atoms with van der Waals surface area (Å²) in [7, 11) is 0. The number of rotatable bonds is 5. The second-order valence-electron chi connectivity index (χ2n) is 7.72. The van der Waals surface area contributed by atoms with Crippen molar-refractivity contribution in [1.29, 1.82) is 0 Å². The van der Waals surface area contributed by atoms with Gasteiger partial charge in [0.2, 0.25) is 5.88 Å². The van der Waals surface area contributed by atoms with Crippen LogP contribution >= 0.6 is 0 Å². The largest absolute Gasteiger partial charge is 0.476 e. The van der Waals surface area contributed by atoms with Gasteiger partial charge in [-0.05, 0) is 50.7 Å². The van der Waals surface area contributed by atoms with Gasteiger partial charge in [-0.25, -0.2) is 9.97 Å². The van der Waals surface area contributed by atoms with E-state index in [4.69, 9.17) is 4.74 Å². The van der Waals surface area contributed by atoms with E-state index in [-0.39, 0.29) is 0 Å². The number of nitrogens with zero attached hydrogens (tertiary/aromatic N) is 5. The molecule has 3 aromatic rings. The number of hydrogen-bond acceptors (Lipinski definition) is 6. The lowest BCUT2D eigenvalue weighted by atomic mass is 9.98. The topological polar surface area (TPSA) is 79.8 Å². The lowest BCUT2D eigenvalue weighted by Gasteiger charge is -2.32. The number of anilines is 1. The molecule has 3 aromatic heterocycles. The fourth-order valence-corrected chi connectivity index (χ4v) is 3.82. The average molecular weight is 364 g/mol. The highest BCUT2D eigenvalue weighted by Crippen LogP contribution is 2.38. The first-order chi connectivity index (χ1) is 13.3. The molecule has 1 aliphatic carbocycles. The first kappa shape index (κ1) is 16.5. The molecule has 5 rings (SSSR count). The number of aryl methyl sites for hydroxylation is 1. The molecule has 1 saturated heterocycles. The van der Waals surface area contributed by atoms with Crippen LogP contribution in [0.15, 0.2) is 24.5 Å². The Morgan fingerprint density at radius 2 is 1.96 bits per heavy atom. The molecule has 2 aliphatic rings. The number of ether oxygens (including phenoxy) is 1. The second kappa shape index (κ2) is 6.79. The van der Waals surface area contributed by atoms with Crippen molar-refractivity contribution in [3.05, 3.63) is 35.9 Å². The maximum absolute atomic E-state index is 5.89. The highest BCUT2D eigenvalue weighted by Gasteiger charge is 2.26. The third-order valence-corrected chi connectivity index (χ3v) is 5.57. The maximum Gasteiger partial charge on any atom is 0.233 e. The van der Waals surface area contributed by atoms with Gasteiger partial charge >= 0.3 is 0 Å². The molecule has 7 heteroatoms. The Labute approximate surface area is 158 Å². The van der Waals surface area contributed by atoms with Crippen molar-refractivity contribution in [1.82, 2.24) is 25.1 Å². The predicted octanol–water partition coefficient (Wildman–Crippen LogP) is 3.23. The van der Waals surface area contributed by atoms with Crippen LogP contribution in [-0.4, -0.2) is 44.8 Å². The van der Waals surface area contributed by atoms with E-state index in [9.17, 15) is 0 Å². The summed E-state index contributed by atoms with van der Waals surface area (Å²) in [6.45, 7) is 4.70. The van der Waals surface area contributed by atoms with Gasteiger partial charge in [-0.2, -0.15) is 5.10 Å². The lowest BCUT2D eigenvalue weighted by Crippen LogP contribution is -2.36. The SMILES string of the molecule is Cc1cc2ncnc(N3CCC(COc4ccc(C5CC5)nn4)CC3)c2[nH]1. The molecule has 1 saturated carbocycles. The van der Waals surface area contributed by atoms with Gasteiger partial charge in [-0.3, -0.25) is 0 Å². The number of aromatic nitrogens is 5. The lowest BCUT2D eigenvalue weighted by molar-refractivity contribution is 0.214. The molecule has 140 valence electrons. The standard InChI is InChI=1S/C20H24N6O/c1-13-10-17-19(23-13)20(22-12-21-17)26-8-6-14(7-9-26)11-27-18-5-4-16(24-25-18)15-2-3-15/h4-5,10,12,14-15,23H,2-3,6-9,11H2,1H3. The van der Waals surface area contributed by atoms with Crippen LogP contribution in [0.1, 0.15) is 43.0 Å². The quantitative estimate of drug-likeness (QED) is 0.749. The average Bonchev–Trinajstić information content (AvgIpc) is 3.47. The summed E-state index contributed by atoms with van der Waals surface area (Å²) in [5, 5.41) is 8.51. The van der Waals surface area contributed by atoms with E-state index in [0.29, 0.717) is 24.3 Å². The van der Waals surface area contributed by atoms with Crippen molar-refractivity contribution in [2.75, 3.05) is 24.6 Å². The van der Waals surface area contributed by atoms with Gasteiger partial charge in [-0.1, -0.05) is 0 Å². The molecule has 2 fully saturated rings. The number of hydrogen-bond donors (Lipinski definition) is 1. The molecule has 0 radical (unpaired) electrons. The Morgan fingerprint density at radius 3 is 2.70 bits per heavy atom. The van der Waals surface area contributed by atoms with E-state index in [2.05, 4.69) is 49.1 Å². The van der Waals surface area contributed by atoms with E-state index in [0.717, 1.165) is 54.2 Å². The first-order valence-corrected chi connectivity index (χ1v) is 9.78. The fourth-order valence-electron chi connectivity index (χ4n) is 3.82. The summed E-state index contributed by atoms with van der Waals surface area (Å²) in [5.41, 5.74) is 4.24. The molecule has 0 unspecified atom stereocenters. The molecule has 0 amide bonds. The van der Waals surface area contributed by atoms with Gasteiger partial charge in [0.1, 0.15) is 11.8 Å². The number of fused-ring (bicyclic) bond motifs is 1. The van der Waals surface area contributed by atoms with E-state index in [1.165, 1.54) is 12.8 Å². The summed E-state index contributed by atoms with van der Waals surface area (Å²) in [6.07, 6.45) is 6.31. The zero-order valence-corrected chi connectivity index (χ0v) is 15.6. The van der Waals surface area contributed by atoms with Crippen molar-refractivity contribution in [3.8, 4) is 5.88 Å². The van der Waals surface area contributed by atoms with Crippen LogP contribution in [0, 0.1) is 12.8 Å². The van der Waals surface area contributed by atoms with E-state index < -0.39 is 0 Å². The Kier molecular flexibility index (Phi) is 4.14. The molecule has 0 aromatic carbocycles. The van der Waals surface area contributed by atoms with E-state index in [1.54, 1.807) is 6.33 Å². The van der Waals surface area contributed by atoms with Gasteiger partial charge in [0, 0.05) is 30.8 Å². The van der Waals surface area contributed by atoms with Gasteiger partial charge in [0.15, 0.2) is 5.82 Å². The zero-order valence-electron chi connectivity index (χ0n) is 15.6. The van der Waals surface area contributed by atoms with Crippen LogP contribution in [0.5, 0.6) is 5.88 Å². The Balaban J connectivity index is 1.17. The number of H-pyrrole nitrogens is 1. The number of aromatic amines is 1. The molecule has 0 spiro atoms. The molecule has 1 aliphatic heterocycles. The van der Waals surface area contributed by atoms with Gasteiger partial charge in [0.05, 0.1) is 17.8 Å². The molecule has 4 heterocycles. The molecule has 1 N–H and O–H groups in total. The summed E-state index contributed by atoms with van der Waals surface area (Å²) in [5.74, 6) is 2.82. The van der Waals surface area contributed by atoms with Crippen molar-refractivity contribution >= 4 is 16.9 Å². The van der Waals surface area contributed by atoms with Crippen molar-refractivity contribution < 1.29 is 4.74 Å². The molecule has 27 heavy (non-hydrogen) atoms. The third-order valence-electron chi connectivity index (χ3n) is 5.57. The van der Waals surface area contributed by atoms with Crippen molar-refractivity contribution in [2.45, 2.75) is 38.5 Å². The second-order valence-corrected chi connectivity index (χ2v) is 7.72. The highest BCUT2D eigenvalue weighted by molar-refractivity contribution is 5.86.